The molecule has 2 atom stereocenters. The average molecular weight is 246 g/mol. The largest absolute Gasteiger partial charge is 0.494 e. The molecule has 1 saturated heterocycles. The van der Waals surface area contributed by atoms with Crippen molar-refractivity contribution < 1.29 is 14.1 Å². The van der Waals surface area contributed by atoms with E-state index in [2.05, 4.69) is 0 Å². The molecule has 0 radical (unpaired) electrons. The number of Topliss-reactive ketones (excluding diaryl/α,β-unsaturated/α-hetero) is 1. The molecular formula is C14H19BO3. The summed E-state index contributed by atoms with van der Waals surface area (Å²) < 4.78 is 11.4. The van der Waals surface area contributed by atoms with Crippen molar-refractivity contribution in [2.24, 2.45) is 0 Å². The van der Waals surface area contributed by atoms with Gasteiger partial charge in [0.05, 0.1) is 12.2 Å². The van der Waals surface area contributed by atoms with E-state index in [1.165, 1.54) is 5.56 Å². The Morgan fingerprint density at radius 2 is 1.72 bits per heavy atom. The van der Waals surface area contributed by atoms with E-state index in [1.807, 2.05) is 38.1 Å². The van der Waals surface area contributed by atoms with Gasteiger partial charge in [0.15, 0.2) is 0 Å². The Balaban J connectivity index is 1.97. The summed E-state index contributed by atoms with van der Waals surface area (Å²) in [5, 5.41) is 0. The number of carbonyl (C=O) groups is 1. The van der Waals surface area contributed by atoms with Crippen molar-refractivity contribution in [3.8, 4) is 0 Å². The van der Waals surface area contributed by atoms with Gasteiger partial charge in [-0.25, -0.2) is 0 Å². The monoisotopic (exact) mass is 246 g/mol. The lowest BCUT2D eigenvalue weighted by Crippen LogP contribution is -2.32. The first kappa shape index (κ1) is 13.3. The lowest BCUT2D eigenvalue weighted by Gasteiger charge is -2.06. The van der Waals surface area contributed by atoms with Gasteiger partial charge in [0.25, 0.3) is 0 Å². The second-order valence-electron chi connectivity index (χ2n) is 4.96. The maximum absolute atomic E-state index is 10.9. The Labute approximate surface area is 109 Å². The fourth-order valence-electron chi connectivity index (χ4n) is 1.96. The molecule has 0 bridgehead atoms. The van der Waals surface area contributed by atoms with Crippen LogP contribution in [0.3, 0.4) is 0 Å². The molecular weight excluding hydrogens is 227 g/mol. The third-order valence-corrected chi connectivity index (χ3v) is 3.36. The molecule has 1 aromatic rings. The van der Waals surface area contributed by atoms with Gasteiger partial charge in [-0.05, 0) is 38.2 Å². The van der Waals surface area contributed by atoms with Crippen molar-refractivity contribution in [2.75, 3.05) is 0 Å². The first-order valence-electron chi connectivity index (χ1n) is 6.45. The van der Waals surface area contributed by atoms with Gasteiger partial charge in [0, 0.05) is 6.42 Å². The first-order chi connectivity index (χ1) is 8.56. The van der Waals surface area contributed by atoms with Gasteiger partial charge in [0.2, 0.25) is 0 Å². The van der Waals surface area contributed by atoms with Crippen molar-refractivity contribution in [1.82, 2.24) is 0 Å². The van der Waals surface area contributed by atoms with Gasteiger partial charge in [-0.3, -0.25) is 0 Å². The van der Waals surface area contributed by atoms with Gasteiger partial charge < -0.3 is 14.1 Å². The minimum Gasteiger partial charge on any atom is -0.402 e. The molecule has 18 heavy (non-hydrogen) atoms. The third kappa shape index (κ3) is 3.21. The zero-order valence-corrected chi connectivity index (χ0v) is 11.2. The summed E-state index contributed by atoms with van der Waals surface area (Å²) in [6.45, 7) is 5.66. The van der Waals surface area contributed by atoms with Crippen LogP contribution in [-0.4, -0.2) is 25.1 Å². The maximum Gasteiger partial charge on any atom is 0.494 e. The van der Waals surface area contributed by atoms with Crippen LogP contribution >= 0.6 is 0 Å². The van der Waals surface area contributed by atoms with Gasteiger partial charge in [-0.1, -0.05) is 24.3 Å². The predicted octanol–water partition coefficient (Wildman–Crippen LogP) is 1.73. The Bertz CT molecular complexity index is 406. The normalized spacial score (nSPS) is 23.4. The maximum atomic E-state index is 10.9. The molecule has 1 aromatic carbocycles. The van der Waals surface area contributed by atoms with Gasteiger partial charge in [-0.15, -0.1) is 0 Å². The molecule has 96 valence electrons. The molecule has 0 N–H and O–H groups in total. The fourth-order valence-corrected chi connectivity index (χ4v) is 1.96. The van der Waals surface area contributed by atoms with Crippen molar-refractivity contribution in [3.63, 3.8) is 0 Å². The number of rotatable bonds is 4. The van der Waals surface area contributed by atoms with Gasteiger partial charge in [0.1, 0.15) is 5.78 Å². The quantitative estimate of drug-likeness (QED) is 0.759. The lowest BCUT2D eigenvalue weighted by atomic mass is 9.79. The molecule has 0 aromatic heterocycles. The highest BCUT2D eigenvalue weighted by atomic mass is 16.7. The first-order valence-corrected chi connectivity index (χ1v) is 6.45. The number of benzene rings is 1. The Morgan fingerprint density at radius 3 is 2.22 bits per heavy atom. The van der Waals surface area contributed by atoms with E-state index < -0.39 is 0 Å². The second-order valence-corrected chi connectivity index (χ2v) is 4.96. The summed E-state index contributed by atoms with van der Waals surface area (Å²) in [5.74, 6) is 0.226. The number of hydrogen-bond acceptors (Lipinski definition) is 3. The van der Waals surface area contributed by atoms with Crippen LogP contribution in [0.5, 0.6) is 0 Å². The van der Waals surface area contributed by atoms with E-state index in [-0.39, 0.29) is 25.1 Å². The SMILES string of the molecule is CC(=O)CCc1ccc(B2OC(C)C(C)O2)cc1. The summed E-state index contributed by atoms with van der Waals surface area (Å²) >= 11 is 0. The minimum atomic E-state index is -0.253. The number of hydrogen-bond donors (Lipinski definition) is 0. The Hall–Kier alpha value is -1.13. The number of ketones is 1. The summed E-state index contributed by atoms with van der Waals surface area (Å²) in [6.07, 6.45) is 1.67. The van der Waals surface area contributed by atoms with Crippen LogP contribution < -0.4 is 5.46 Å². The highest BCUT2D eigenvalue weighted by molar-refractivity contribution is 6.61. The molecule has 0 amide bonds. The summed E-state index contributed by atoms with van der Waals surface area (Å²) in [5.41, 5.74) is 2.21. The second kappa shape index (κ2) is 5.68. The molecule has 3 nitrogen and oxygen atoms in total. The van der Waals surface area contributed by atoms with Crippen molar-refractivity contribution in [1.29, 1.82) is 0 Å². The van der Waals surface area contributed by atoms with E-state index in [1.54, 1.807) is 6.92 Å². The van der Waals surface area contributed by atoms with Crippen molar-refractivity contribution in [3.05, 3.63) is 29.8 Å². The smallest absolute Gasteiger partial charge is 0.402 e. The molecule has 1 aliphatic heterocycles. The van der Waals surface area contributed by atoms with Crippen LogP contribution in [-0.2, 0) is 20.5 Å². The topological polar surface area (TPSA) is 35.5 Å². The van der Waals surface area contributed by atoms with Crippen LogP contribution in [0.2, 0.25) is 0 Å². The van der Waals surface area contributed by atoms with Crippen LogP contribution in [0.1, 0.15) is 32.8 Å². The van der Waals surface area contributed by atoms with Gasteiger partial charge >= 0.3 is 7.12 Å². The summed E-state index contributed by atoms with van der Waals surface area (Å²) in [6, 6.07) is 8.12. The Kier molecular flexibility index (Phi) is 4.20. The van der Waals surface area contributed by atoms with E-state index in [9.17, 15) is 4.79 Å². The van der Waals surface area contributed by atoms with Crippen LogP contribution in [0.25, 0.3) is 0 Å². The molecule has 2 rings (SSSR count). The molecule has 1 fully saturated rings. The minimum absolute atomic E-state index is 0.132. The van der Waals surface area contributed by atoms with E-state index in [0.717, 1.165) is 11.9 Å². The highest BCUT2D eigenvalue weighted by Crippen LogP contribution is 2.15. The van der Waals surface area contributed by atoms with Crippen LogP contribution in [0, 0.1) is 0 Å². The standard InChI is InChI=1S/C14H19BO3/c1-10(16)4-5-13-6-8-14(9-7-13)15-17-11(2)12(3)18-15/h6-9,11-12H,4-5H2,1-3H3. The van der Waals surface area contributed by atoms with Crippen molar-refractivity contribution in [2.45, 2.75) is 45.8 Å². The summed E-state index contributed by atoms with van der Waals surface area (Å²) in [4.78, 5) is 10.9. The number of aryl methyl sites for hydroxylation is 1. The molecule has 2 unspecified atom stereocenters. The zero-order valence-electron chi connectivity index (χ0n) is 11.2. The van der Waals surface area contributed by atoms with Crippen LogP contribution in [0.4, 0.5) is 0 Å². The lowest BCUT2D eigenvalue weighted by molar-refractivity contribution is -0.116. The fraction of sp³-hybridized carbons (Fsp3) is 0.500. The molecule has 0 spiro atoms. The molecule has 0 saturated carbocycles. The highest BCUT2D eigenvalue weighted by Gasteiger charge is 2.35. The number of carbonyl (C=O) groups excluding carboxylic acids is 1. The predicted molar refractivity (Wildman–Crippen MR) is 71.9 cm³/mol. The molecule has 4 heteroatoms. The molecule has 1 heterocycles. The van der Waals surface area contributed by atoms with E-state index in [0.29, 0.717) is 6.42 Å². The zero-order chi connectivity index (χ0) is 13.1. The molecule has 1 aliphatic rings. The average Bonchev–Trinajstić information content (AvgIpc) is 2.68. The van der Waals surface area contributed by atoms with Crippen molar-refractivity contribution >= 4 is 18.4 Å². The van der Waals surface area contributed by atoms with Crippen LogP contribution in [0.15, 0.2) is 24.3 Å². The summed E-state index contributed by atoms with van der Waals surface area (Å²) in [7, 11) is -0.253. The Morgan fingerprint density at radius 1 is 1.17 bits per heavy atom. The van der Waals surface area contributed by atoms with Gasteiger partial charge in [-0.2, -0.15) is 0 Å². The molecule has 0 aliphatic carbocycles. The van der Waals surface area contributed by atoms with E-state index in [4.69, 9.17) is 9.31 Å². The van der Waals surface area contributed by atoms with E-state index >= 15 is 0 Å². The third-order valence-electron chi connectivity index (χ3n) is 3.36.